The fraction of sp³-hybridized carbons (Fsp3) is 0.700. The number of aliphatic hydroxyl groups excluding tert-OH is 1. The first kappa shape index (κ1) is 10.5. The standard InChI is InChI=1S/C10H14N4O3/c1-5-11-9(17-13-5)12-10(16)14-4-6-2-7(14)8(15)3-6/h6-8,15H,2-4H2,1H3,(H,11,12,13,16)/t6-,7+,8+/m0/s1. The van der Waals surface area contributed by atoms with Crippen LogP contribution in [0.3, 0.4) is 0 Å². The van der Waals surface area contributed by atoms with Gasteiger partial charge in [-0.15, -0.1) is 0 Å². The predicted molar refractivity (Wildman–Crippen MR) is 57.3 cm³/mol. The summed E-state index contributed by atoms with van der Waals surface area (Å²) in [5.41, 5.74) is 0. The number of nitrogens with zero attached hydrogens (tertiary/aromatic N) is 3. The molecule has 7 nitrogen and oxygen atoms in total. The third kappa shape index (κ3) is 1.76. The molecule has 7 heteroatoms. The summed E-state index contributed by atoms with van der Waals surface area (Å²) in [6.07, 6.45) is 1.29. The molecule has 2 bridgehead atoms. The van der Waals surface area contributed by atoms with Gasteiger partial charge in [-0.25, -0.2) is 4.79 Å². The second kappa shape index (κ2) is 3.69. The number of aliphatic hydroxyl groups is 1. The van der Waals surface area contributed by atoms with E-state index in [0.717, 1.165) is 12.8 Å². The van der Waals surface area contributed by atoms with Crippen LogP contribution in [0.5, 0.6) is 0 Å². The second-order valence-corrected chi connectivity index (χ2v) is 4.70. The molecule has 0 radical (unpaired) electrons. The molecule has 3 atom stereocenters. The number of fused-ring (bicyclic) bond motifs is 2. The Morgan fingerprint density at radius 2 is 2.41 bits per heavy atom. The first-order chi connectivity index (χ1) is 8.13. The monoisotopic (exact) mass is 238 g/mol. The lowest BCUT2D eigenvalue weighted by Crippen LogP contribution is -2.46. The second-order valence-electron chi connectivity index (χ2n) is 4.70. The van der Waals surface area contributed by atoms with Crippen LogP contribution < -0.4 is 5.32 Å². The zero-order chi connectivity index (χ0) is 12.0. The Kier molecular flexibility index (Phi) is 2.29. The van der Waals surface area contributed by atoms with E-state index in [9.17, 15) is 9.90 Å². The zero-order valence-corrected chi connectivity index (χ0v) is 9.46. The van der Waals surface area contributed by atoms with E-state index in [1.54, 1.807) is 11.8 Å². The summed E-state index contributed by atoms with van der Waals surface area (Å²) in [4.78, 5) is 17.5. The fourth-order valence-electron chi connectivity index (χ4n) is 2.74. The summed E-state index contributed by atoms with van der Waals surface area (Å²) < 4.78 is 4.82. The average Bonchev–Trinajstić information content (AvgIpc) is 2.93. The zero-order valence-electron chi connectivity index (χ0n) is 9.46. The van der Waals surface area contributed by atoms with Crippen molar-refractivity contribution >= 4 is 12.0 Å². The molecule has 1 saturated carbocycles. The summed E-state index contributed by atoms with van der Waals surface area (Å²) in [7, 11) is 0. The number of hydrogen-bond acceptors (Lipinski definition) is 5. The Morgan fingerprint density at radius 1 is 1.59 bits per heavy atom. The van der Waals surface area contributed by atoms with Crippen molar-refractivity contribution in [2.75, 3.05) is 11.9 Å². The molecule has 0 spiro atoms. The van der Waals surface area contributed by atoms with Crippen LogP contribution in [0.25, 0.3) is 0 Å². The molecule has 2 aliphatic rings. The first-order valence-electron chi connectivity index (χ1n) is 5.69. The van der Waals surface area contributed by atoms with Gasteiger partial charge in [0.15, 0.2) is 5.82 Å². The molecule has 2 amide bonds. The Morgan fingerprint density at radius 3 is 3.00 bits per heavy atom. The van der Waals surface area contributed by atoms with Crippen molar-refractivity contribution in [2.24, 2.45) is 5.92 Å². The van der Waals surface area contributed by atoms with Crippen molar-refractivity contribution in [3.8, 4) is 0 Å². The van der Waals surface area contributed by atoms with E-state index in [0.29, 0.717) is 18.3 Å². The minimum Gasteiger partial charge on any atom is -0.391 e. The lowest BCUT2D eigenvalue weighted by Gasteiger charge is -2.29. The van der Waals surface area contributed by atoms with E-state index in [2.05, 4.69) is 15.5 Å². The van der Waals surface area contributed by atoms with Crippen LogP contribution >= 0.6 is 0 Å². The smallest absolute Gasteiger partial charge is 0.329 e. The summed E-state index contributed by atoms with van der Waals surface area (Å²) in [6.45, 7) is 2.38. The number of urea groups is 1. The van der Waals surface area contributed by atoms with Gasteiger partial charge in [-0.2, -0.15) is 4.98 Å². The molecule has 0 unspecified atom stereocenters. The van der Waals surface area contributed by atoms with Crippen LogP contribution in [0.2, 0.25) is 0 Å². The summed E-state index contributed by atoms with van der Waals surface area (Å²) in [5.74, 6) is 0.897. The van der Waals surface area contributed by atoms with Gasteiger partial charge in [-0.1, -0.05) is 5.16 Å². The molecule has 1 aromatic heterocycles. The van der Waals surface area contributed by atoms with Gasteiger partial charge in [0.25, 0.3) is 0 Å². The van der Waals surface area contributed by atoms with Gasteiger partial charge in [-0.3, -0.25) is 5.32 Å². The molecule has 92 valence electrons. The highest BCUT2D eigenvalue weighted by Crippen LogP contribution is 2.37. The maximum Gasteiger partial charge on any atom is 0.329 e. The lowest BCUT2D eigenvalue weighted by atomic mass is 10.1. The Hall–Kier alpha value is -1.63. The number of rotatable bonds is 1. The number of piperidine rings is 1. The number of carbonyl (C=O) groups excluding carboxylic acids is 1. The Labute approximate surface area is 97.8 Å². The van der Waals surface area contributed by atoms with Crippen LogP contribution in [0.4, 0.5) is 10.8 Å². The summed E-state index contributed by atoms with van der Waals surface area (Å²) >= 11 is 0. The number of anilines is 1. The van der Waals surface area contributed by atoms with Crippen LogP contribution in [0, 0.1) is 12.8 Å². The number of aryl methyl sites for hydroxylation is 1. The maximum atomic E-state index is 11.9. The Balaban J connectivity index is 1.67. The van der Waals surface area contributed by atoms with Crippen LogP contribution in [0.1, 0.15) is 18.7 Å². The van der Waals surface area contributed by atoms with Gasteiger partial charge >= 0.3 is 12.0 Å². The third-order valence-electron chi connectivity index (χ3n) is 3.45. The predicted octanol–water partition coefficient (Wildman–Crippen LogP) is 0.365. The average molecular weight is 238 g/mol. The SMILES string of the molecule is Cc1noc(NC(=O)N2C[C@@H]3C[C@@H](O)[C@H]2C3)n1. The van der Waals surface area contributed by atoms with Crippen molar-refractivity contribution in [2.45, 2.75) is 31.9 Å². The van der Waals surface area contributed by atoms with Crippen molar-refractivity contribution in [3.63, 3.8) is 0 Å². The molecule has 1 aliphatic heterocycles. The molecular weight excluding hydrogens is 224 g/mol. The van der Waals surface area contributed by atoms with E-state index in [1.165, 1.54) is 0 Å². The van der Waals surface area contributed by atoms with Crippen molar-refractivity contribution in [3.05, 3.63) is 5.82 Å². The number of hydrogen-bond donors (Lipinski definition) is 2. The van der Waals surface area contributed by atoms with Crippen LogP contribution in [0.15, 0.2) is 4.52 Å². The van der Waals surface area contributed by atoms with Gasteiger partial charge in [-0.05, 0) is 25.7 Å². The van der Waals surface area contributed by atoms with E-state index < -0.39 is 6.10 Å². The first-order valence-corrected chi connectivity index (χ1v) is 5.69. The summed E-state index contributed by atoms with van der Waals surface area (Å²) in [5, 5.41) is 15.9. The van der Waals surface area contributed by atoms with Crippen LogP contribution in [-0.2, 0) is 0 Å². The maximum absolute atomic E-state index is 11.9. The fourth-order valence-corrected chi connectivity index (χ4v) is 2.74. The highest BCUT2D eigenvalue weighted by molar-refractivity contribution is 5.87. The van der Waals surface area contributed by atoms with E-state index in [-0.39, 0.29) is 18.1 Å². The highest BCUT2D eigenvalue weighted by atomic mass is 16.5. The van der Waals surface area contributed by atoms with Gasteiger partial charge in [0.2, 0.25) is 0 Å². The molecule has 1 aliphatic carbocycles. The van der Waals surface area contributed by atoms with Gasteiger partial charge in [0.05, 0.1) is 12.1 Å². The quantitative estimate of drug-likeness (QED) is 0.737. The topological polar surface area (TPSA) is 91.5 Å². The molecule has 0 aromatic carbocycles. The lowest BCUT2D eigenvalue weighted by molar-refractivity contribution is 0.0764. The van der Waals surface area contributed by atoms with E-state index in [4.69, 9.17) is 4.52 Å². The molecule has 3 rings (SSSR count). The highest BCUT2D eigenvalue weighted by Gasteiger charge is 2.46. The van der Waals surface area contributed by atoms with Crippen molar-refractivity contribution in [1.82, 2.24) is 15.0 Å². The molecule has 2 heterocycles. The molecule has 2 fully saturated rings. The number of nitrogens with one attached hydrogen (secondary N) is 1. The van der Waals surface area contributed by atoms with Gasteiger partial charge < -0.3 is 14.5 Å². The molecule has 2 N–H and O–H groups in total. The number of aromatic nitrogens is 2. The normalized spacial score (nSPS) is 30.9. The molecule has 17 heavy (non-hydrogen) atoms. The number of likely N-dealkylation sites (tertiary alicyclic amines) is 1. The summed E-state index contributed by atoms with van der Waals surface area (Å²) in [6, 6.07) is -0.242. The molecular formula is C10H14N4O3. The minimum atomic E-state index is -0.399. The molecule has 1 aromatic rings. The largest absolute Gasteiger partial charge is 0.391 e. The molecule has 1 saturated heterocycles. The third-order valence-corrected chi connectivity index (χ3v) is 3.45. The minimum absolute atomic E-state index is 0.0657. The van der Waals surface area contributed by atoms with Crippen molar-refractivity contribution < 1.29 is 14.4 Å². The number of amides is 2. The van der Waals surface area contributed by atoms with Gasteiger partial charge in [0.1, 0.15) is 0 Å². The van der Waals surface area contributed by atoms with Crippen LogP contribution in [-0.4, -0.2) is 44.9 Å². The number of carbonyl (C=O) groups is 1. The van der Waals surface area contributed by atoms with Crippen molar-refractivity contribution in [1.29, 1.82) is 0 Å². The van der Waals surface area contributed by atoms with E-state index >= 15 is 0 Å². The van der Waals surface area contributed by atoms with Gasteiger partial charge in [0, 0.05) is 6.54 Å². The Bertz CT molecular complexity index is 447. The van der Waals surface area contributed by atoms with E-state index in [1.807, 2.05) is 0 Å².